The molecule has 0 saturated carbocycles. The van der Waals surface area contributed by atoms with E-state index in [2.05, 4.69) is 23.0 Å². The molecule has 0 atom stereocenters. The Labute approximate surface area is 209 Å². The summed E-state index contributed by atoms with van der Waals surface area (Å²) in [5, 5.41) is 2.03. The summed E-state index contributed by atoms with van der Waals surface area (Å²) in [5.41, 5.74) is 5.64. The van der Waals surface area contributed by atoms with Crippen molar-refractivity contribution in [2.75, 3.05) is 0 Å². The molecule has 4 heteroatoms. The van der Waals surface area contributed by atoms with Gasteiger partial charge in [-0.1, -0.05) is 121 Å². The third-order valence-corrected chi connectivity index (χ3v) is 6.17. The smallest absolute Gasteiger partial charge is 0.194 e. The van der Waals surface area contributed by atoms with Crippen LogP contribution in [0.1, 0.15) is 0 Å². The zero-order chi connectivity index (χ0) is 24.3. The first-order valence-electron chi connectivity index (χ1n) is 11.7. The fourth-order valence-corrected chi connectivity index (χ4v) is 4.37. The molecule has 0 radical (unpaired) electrons. The summed E-state index contributed by atoms with van der Waals surface area (Å²) in [6, 6.07) is 40.2. The maximum absolute atomic E-state index is 7.49. The van der Waals surface area contributed by atoms with Gasteiger partial charge >= 0.3 is 0 Å². The van der Waals surface area contributed by atoms with E-state index in [-0.39, 0.29) is 0 Å². The first-order valence-corrected chi connectivity index (χ1v) is 11.7. The molecule has 0 unspecified atom stereocenters. The number of fused-ring (bicyclic) bond motifs is 1. The Morgan fingerprint density at radius 3 is 1.39 bits per heavy atom. The number of aromatic nitrogens is 3. The first kappa shape index (κ1) is 21.4. The summed E-state index contributed by atoms with van der Waals surface area (Å²) in [7, 11) is 0. The Morgan fingerprint density at radius 1 is 0.417 bits per heavy atom. The Morgan fingerprint density at radius 2 is 0.861 bits per heavy atom. The second-order valence-electron chi connectivity index (χ2n) is 8.41. The summed E-state index contributed by atoms with van der Waals surface area (Å²) in [5.74, 6) is 1.91. The Kier molecular flexibility index (Phi) is 5.50. The largest absolute Gasteiger partial charge is 0.238 e. The molecule has 168 valence electrons. The zero-order valence-electron chi connectivity index (χ0n) is 19.3. The second kappa shape index (κ2) is 9.25. The van der Waals surface area contributed by atoms with Crippen LogP contribution in [0.3, 0.4) is 0 Å². The van der Waals surface area contributed by atoms with Gasteiger partial charge in [0, 0.05) is 16.7 Å². The molecule has 0 aliphatic rings. The van der Waals surface area contributed by atoms with Gasteiger partial charge in [-0.25, -0.2) is 19.8 Å². The minimum atomic E-state index is 0.627. The lowest BCUT2D eigenvalue weighted by atomic mass is 9.96. The number of hydrogen-bond donors (Lipinski definition) is 0. The molecule has 0 fully saturated rings. The minimum absolute atomic E-state index is 0.627. The lowest BCUT2D eigenvalue weighted by molar-refractivity contribution is 1.07. The molecule has 5 aromatic carbocycles. The molecule has 0 amide bonds. The zero-order valence-corrected chi connectivity index (χ0v) is 19.3. The predicted molar refractivity (Wildman–Crippen MR) is 145 cm³/mol. The van der Waals surface area contributed by atoms with E-state index in [4.69, 9.17) is 21.5 Å². The fraction of sp³-hybridized carbons (Fsp3) is 0. The highest BCUT2D eigenvalue weighted by Gasteiger charge is 2.13. The Bertz CT molecular complexity index is 1660. The van der Waals surface area contributed by atoms with Crippen molar-refractivity contribution in [2.45, 2.75) is 0 Å². The molecule has 36 heavy (non-hydrogen) atoms. The molecule has 6 rings (SSSR count). The van der Waals surface area contributed by atoms with Crippen LogP contribution in [0.4, 0.5) is 5.69 Å². The van der Waals surface area contributed by atoms with E-state index in [1.54, 1.807) is 0 Å². The molecule has 1 heterocycles. The van der Waals surface area contributed by atoms with Crippen molar-refractivity contribution in [1.29, 1.82) is 0 Å². The molecule has 1 aromatic heterocycles. The quantitative estimate of drug-likeness (QED) is 0.249. The van der Waals surface area contributed by atoms with Gasteiger partial charge in [0.25, 0.3) is 0 Å². The standard InChI is InChI=1S/C32H20N4/c1-33-29-21-20-26(27-14-8-9-15-28(27)29)22-16-18-25(19-17-22)32-35-30(23-10-4-2-5-11-23)34-31(36-32)24-12-6-3-7-13-24/h2-21H. The summed E-state index contributed by atoms with van der Waals surface area (Å²) in [6.45, 7) is 7.49. The van der Waals surface area contributed by atoms with Gasteiger partial charge in [0.15, 0.2) is 23.2 Å². The molecule has 0 bridgehead atoms. The molecule has 0 saturated heterocycles. The van der Waals surface area contributed by atoms with Gasteiger partial charge in [-0.05, 0) is 21.9 Å². The van der Waals surface area contributed by atoms with E-state index >= 15 is 0 Å². The van der Waals surface area contributed by atoms with Crippen molar-refractivity contribution in [2.24, 2.45) is 0 Å². The third kappa shape index (κ3) is 4.00. The SMILES string of the molecule is [C-]#[N+]c1ccc(-c2ccc(-c3nc(-c4ccccc4)nc(-c4ccccc4)n3)cc2)c2ccccc12. The average Bonchev–Trinajstić information content (AvgIpc) is 2.97. The molecular weight excluding hydrogens is 440 g/mol. The van der Waals surface area contributed by atoms with Crippen molar-refractivity contribution in [3.63, 3.8) is 0 Å². The summed E-state index contributed by atoms with van der Waals surface area (Å²) in [6.07, 6.45) is 0. The normalized spacial score (nSPS) is 10.8. The van der Waals surface area contributed by atoms with Crippen molar-refractivity contribution in [1.82, 2.24) is 15.0 Å². The number of rotatable bonds is 4. The van der Waals surface area contributed by atoms with Crippen LogP contribution in [-0.4, -0.2) is 15.0 Å². The lowest BCUT2D eigenvalue weighted by Crippen LogP contribution is -2.00. The highest BCUT2D eigenvalue weighted by Crippen LogP contribution is 2.35. The third-order valence-electron chi connectivity index (χ3n) is 6.17. The number of hydrogen-bond acceptors (Lipinski definition) is 3. The number of nitrogens with zero attached hydrogens (tertiary/aromatic N) is 4. The molecule has 0 aliphatic heterocycles. The molecule has 4 nitrogen and oxygen atoms in total. The van der Waals surface area contributed by atoms with Crippen LogP contribution in [0, 0.1) is 6.57 Å². The number of benzene rings is 5. The summed E-state index contributed by atoms with van der Waals surface area (Å²) in [4.78, 5) is 18.1. The summed E-state index contributed by atoms with van der Waals surface area (Å²) < 4.78 is 0. The van der Waals surface area contributed by atoms with Gasteiger partial charge in [0.2, 0.25) is 0 Å². The van der Waals surface area contributed by atoms with E-state index in [1.165, 1.54) is 0 Å². The van der Waals surface area contributed by atoms with Gasteiger partial charge in [0.1, 0.15) is 0 Å². The van der Waals surface area contributed by atoms with Crippen molar-refractivity contribution >= 4 is 16.5 Å². The van der Waals surface area contributed by atoms with Crippen LogP contribution in [0.15, 0.2) is 121 Å². The second-order valence-corrected chi connectivity index (χ2v) is 8.41. The van der Waals surface area contributed by atoms with E-state index in [0.29, 0.717) is 23.2 Å². The molecule has 0 spiro atoms. The first-order chi connectivity index (χ1) is 17.8. The van der Waals surface area contributed by atoms with E-state index in [0.717, 1.165) is 38.6 Å². The van der Waals surface area contributed by atoms with E-state index in [1.807, 2.05) is 103 Å². The van der Waals surface area contributed by atoms with Crippen LogP contribution < -0.4 is 0 Å². The van der Waals surface area contributed by atoms with Crippen molar-refractivity contribution in [3.8, 4) is 45.3 Å². The minimum Gasteiger partial charge on any atom is -0.238 e. The van der Waals surface area contributed by atoms with Crippen molar-refractivity contribution in [3.05, 3.63) is 133 Å². The average molecular weight is 461 g/mol. The van der Waals surface area contributed by atoms with Crippen LogP contribution in [0.2, 0.25) is 0 Å². The van der Waals surface area contributed by atoms with E-state index in [9.17, 15) is 0 Å². The van der Waals surface area contributed by atoms with Crippen molar-refractivity contribution < 1.29 is 0 Å². The Hall–Kier alpha value is -5.14. The lowest BCUT2D eigenvalue weighted by Gasteiger charge is -2.11. The van der Waals surface area contributed by atoms with Crippen LogP contribution in [0.5, 0.6) is 0 Å². The van der Waals surface area contributed by atoms with Gasteiger partial charge in [-0.3, -0.25) is 0 Å². The molecule has 6 aromatic rings. The fourth-order valence-electron chi connectivity index (χ4n) is 4.37. The monoisotopic (exact) mass is 460 g/mol. The predicted octanol–water partition coefficient (Wildman–Crippen LogP) is 8.24. The highest BCUT2D eigenvalue weighted by molar-refractivity contribution is 6.03. The topological polar surface area (TPSA) is 43.0 Å². The van der Waals surface area contributed by atoms with Gasteiger partial charge in [-0.15, -0.1) is 0 Å². The highest BCUT2D eigenvalue weighted by atomic mass is 15.0. The maximum atomic E-state index is 7.49. The van der Waals surface area contributed by atoms with E-state index < -0.39 is 0 Å². The van der Waals surface area contributed by atoms with Gasteiger partial charge in [-0.2, -0.15) is 0 Å². The van der Waals surface area contributed by atoms with Crippen LogP contribution in [0.25, 0.3) is 60.9 Å². The Balaban J connectivity index is 1.45. The van der Waals surface area contributed by atoms with Gasteiger partial charge < -0.3 is 0 Å². The van der Waals surface area contributed by atoms with Crippen LogP contribution >= 0.6 is 0 Å². The van der Waals surface area contributed by atoms with Gasteiger partial charge in [0.05, 0.1) is 6.57 Å². The molecule has 0 aliphatic carbocycles. The maximum Gasteiger partial charge on any atom is 0.194 e. The van der Waals surface area contributed by atoms with Crippen LogP contribution in [-0.2, 0) is 0 Å². The molecular formula is C32H20N4. The summed E-state index contributed by atoms with van der Waals surface area (Å²) >= 11 is 0. The molecule has 0 N–H and O–H groups in total.